The highest BCUT2D eigenvalue weighted by atomic mass is 16.5. The molecule has 0 aliphatic heterocycles. The number of hydrogen-bond donors (Lipinski definition) is 1. The van der Waals surface area contributed by atoms with Gasteiger partial charge < -0.3 is 9.84 Å². The lowest BCUT2D eigenvalue weighted by atomic mass is 9.75. The van der Waals surface area contributed by atoms with Crippen LogP contribution in [-0.4, -0.2) is 17.3 Å². The van der Waals surface area contributed by atoms with E-state index in [1.165, 1.54) is 11.1 Å². The van der Waals surface area contributed by atoms with E-state index < -0.39 is 0 Å². The zero-order valence-corrected chi connectivity index (χ0v) is 11.9. The van der Waals surface area contributed by atoms with Crippen molar-refractivity contribution < 1.29 is 9.84 Å². The minimum atomic E-state index is -0.335. The third-order valence-corrected chi connectivity index (χ3v) is 4.13. The molecule has 0 spiro atoms. The Morgan fingerprint density at radius 3 is 2.72 bits per heavy atom. The largest absolute Gasteiger partial charge is 0.487 e. The number of ether oxygens (including phenoxy) is 1. The molecule has 0 saturated heterocycles. The average molecular weight is 248 g/mol. The number of aliphatic hydroxyl groups is 1. The fourth-order valence-electron chi connectivity index (χ4n) is 2.64. The van der Waals surface area contributed by atoms with Gasteiger partial charge in [-0.3, -0.25) is 0 Å². The van der Waals surface area contributed by atoms with Gasteiger partial charge in [-0.1, -0.05) is 26.0 Å². The van der Waals surface area contributed by atoms with E-state index >= 15 is 0 Å². The molecule has 2 rings (SSSR count). The Morgan fingerprint density at radius 2 is 2.00 bits per heavy atom. The van der Waals surface area contributed by atoms with Crippen LogP contribution in [0.2, 0.25) is 0 Å². The first kappa shape index (κ1) is 13.4. The maximum absolute atomic E-state index is 10.1. The molecule has 18 heavy (non-hydrogen) atoms. The van der Waals surface area contributed by atoms with Crippen LogP contribution >= 0.6 is 0 Å². The monoisotopic (exact) mass is 248 g/mol. The van der Waals surface area contributed by atoms with Crippen molar-refractivity contribution >= 4 is 0 Å². The molecule has 100 valence electrons. The minimum absolute atomic E-state index is 0.0748. The SMILES string of the molecule is Cc1cccc(OC2CC(C)(C)CCC2O)c1C. The molecule has 0 radical (unpaired) electrons. The summed E-state index contributed by atoms with van der Waals surface area (Å²) >= 11 is 0. The van der Waals surface area contributed by atoms with Gasteiger partial charge in [-0.05, 0) is 55.7 Å². The molecule has 2 nitrogen and oxygen atoms in total. The number of aliphatic hydroxyl groups excluding tert-OH is 1. The van der Waals surface area contributed by atoms with Crippen molar-refractivity contribution in [3.8, 4) is 5.75 Å². The molecule has 0 amide bonds. The van der Waals surface area contributed by atoms with Crippen LogP contribution in [0.4, 0.5) is 0 Å². The lowest BCUT2D eigenvalue weighted by molar-refractivity contribution is -0.0307. The molecule has 0 bridgehead atoms. The van der Waals surface area contributed by atoms with Gasteiger partial charge in [0.2, 0.25) is 0 Å². The molecule has 0 aromatic heterocycles. The summed E-state index contributed by atoms with van der Waals surface area (Å²) in [6.07, 6.45) is 2.41. The summed E-state index contributed by atoms with van der Waals surface area (Å²) in [5.74, 6) is 0.914. The van der Waals surface area contributed by atoms with Gasteiger partial charge in [0.25, 0.3) is 0 Å². The lowest BCUT2D eigenvalue weighted by Crippen LogP contribution is -2.41. The fraction of sp³-hybridized carbons (Fsp3) is 0.625. The molecule has 1 aromatic carbocycles. The van der Waals surface area contributed by atoms with E-state index in [1.54, 1.807) is 0 Å². The quantitative estimate of drug-likeness (QED) is 0.866. The van der Waals surface area contributed by atoms with Gasteiger partial charge in [-0.25, -0.2) is 0 Å². The van der Waals surface area contributed by atoms with Gasteiger partial charge >= 0.3 is 0 Å². The predicted molar refractivity (Wildman–Crippen MR) is 74.0 cm³/mol. The van der Waals surface area contributed by atoms with Crippen LogP contribution in [0, 0.1) is 19.3 Å². The normalized spacial score (nSPS) is 26.9. The van der Waals surface area contributed by atoms with E-state index in [4.69, 9.17) is 4.74 Å². The van der Waals surface area contributed by atoms with Crippen LogP contribution in [0.3, 0.4) is 0 Å². The van der Waals surface area contributed by atoms with Crippen LogP contribution in [0.25, 0.3) is 0 Å². The van der Waals surface area contributed by atoms with Crippen molar-refractivity contribution in [2.75, 3.05) is 0 Å². The van der Waals surface area contributed by atoms with Gasteiger partial charge in [-0.2, -0.15) is 0 Å². The van der Waals surface area contributed by atoms with Gasteiger partial charge in [0.1, 0.15) is 11.9 Å². The predicted octanol–water partition coefficient (Wildman–Crippen LogP) is 3.62. The molecule has 1 aliphatic carbocycles. The fourth-order valence-corrected chi connectivity index (χ4v) is 2.64. The molecule has 1 fully saturated rings. The Kier molecular flexibility index (Phi) is 3.67. The summed E-state index contributed by atoms with van der Waals surface area (Å²) in [4.78, 5) is 0. The number of benzene rings is 1. The van der Waals surface area contributed by atoms with Crippen molar-refractivity contribution in [3.05, 3.63) is 29.3 Å². The standard InChI is InChI=1S/C16H24O2/c1-11-6-5-7-14(12(11)2)18-15-10-16(3,4)9-8-13(15)17/h5-7,13,15,17H,8-10H2,1-4H3. The van der Waals surface area contributed by atoms with E-state index in [1.807, 2.05) is 12.1 Å². The highest BCUT2D eigenvalue weighted by Gasteiger charge is 2.35. The molecule has 1 N–H and O–H groups in total. The summed E-state index contributed by atoms with van der Waals surface area (Å²) in [5, 5.41) is 10.1. The van der Waals surface area contributed by atoms with Crippen molar-refractivity contribution in [1.29, 1.82) is 0 Å². The summed E-state index contributed by atoms with van der Waals surface area (Å²) in [6, 6.07) is 6.10. The zero-order valence-electron chi connectivity index (χ0n) is 11.9. The molecule has 1 aliphatic rings. The van der Waals surface area contributed by atoms with E-state index in [9.17, 15) is 5.11 Å². The lowest BCUT2D eigenvalue weighted by Gasteiger charge is -2.38. The minimum Gasteiger partial charge on any atom is -0.487 e. The Balaban J connectivity index is 2.15. The number of hydrogen-bond acceptors (Lipinski definition) is 2. The van der Waals surface area contributed by atoms with Crippen LogP contribution < -0.4 is 4.74 Å². The molecule has 1 saturated carbocycles. The smallest absolute Gasteiger partial charge is 0.125 e. The molecule has 1 aromatic rings. The van der Waals surface area contributed by atoms with Crippen LogP contribution in [-0.2, 0) is 0 Å². The van der Waals surface area contributed by atoms with Crippen LogP contribution in [0.1, 0.15) is 44.2 Å². The van der Waals surface area contributed by atoms with Gasteiger partial charge in [0.05, 0.1) is 6.10 Å². The van der Waals surface area contributed by atoms with Crippen LogP contribution in [0.5, 0.6) is 5.75 Å². The second kappa shape index (κ2) is 4.93. The first-order chi connectivity index (χ1) is 8.39. The highest BCUT2D eigenvalue weighted by Crippen LogP contribution is 2.37. The molecular formula is C16H24O2. The topological polar surface area (TPSA) is 29.5 Å². The Labute approximate surface area is 110 Å². The van der Waals surface area contributed by atoms with Crippen molar-refractivity contribution in [2.45, 2.75) is 59.2 Å². The first-order valence-corrected chi connectivity index (χ1v) is 6.80. The molecular weight excluding hydrogens is 224 g/mol. The summed E-state index contributed by atoms with van der Waals surface area (Å²) < 4.78 is 6.06. The maximum Gasteiger partial charge on any atom is 0.125 e. The first-order valence-electron chi connectivity index (χ1n) is 6.80. The second-order valence-corrected chi connectivity index (χ2v) is 6.33. The maximum atomic E-state index is 10.1. The van der Waals surface area contributed by atoms with E-state index in [0.29, 0.717) is 0 Å². The summed E-state index contributed by atoms with van der Waals surface area (Å²) in [7, 11) is 0. The third-order valence-electron chi connectivity index (χ3n) is 4.13. The number of rotatable bonds is 2. The summed E-state index contributed by atoms with van der Waals surface area (Å²) in [6.45, 7) is 8.66. The van der Waals surface area contributed by atoms with Crippen molar-refractivity contribution in [1.82, 2.24) is 0 Å². The Hall–Kier alpha value is -1.02. The Bertz CT molecular complexity index is 423. The van der Waals surface area contributed by atoms with Crippen molar-refractivity contribution in [2.24, 2.45) is 5.41 Å². The molecule has 2 unspecified atom stereocenters. The molecule has 2 heteroatoms. The van der Waals surface area contributed by atoms with E-state index in [-0.39, 0.29) is 17.6 Å². The van der Waals surface area contributed by atoms with E-state index in [0.717, 1.165) is 25.0 Å². The zero-order chi connectivity index (χ0) is 13.3. The third kappa shape index (κ3) is 2.86. The van der Waals surface area contributed by atoms with Gasteiger partial charge in [0, 0.05) is 0 Å². The van der Waals surface area contributed by atoms with Gasteiger partial charge in [-0.15, -0.1) is 0 Å². The summed E-state index contributed by atoms with van der Waals surface area (Å²) in [5.41, 5.74) is 2.67. The number of aryl methyl sites for hydroxylation is 1. The van der Waals surface area contributed by atoms with Gasteiger partial charge in [0.15, 0.2) is 0 Å². The van der Waals surface area contributed by atoms with Crippen molar-refractivity contribution in [3.63, 3.8) is 0 Å². The molecule has 0 heterocycles. The highest BCUT2D eigenvalue weighted by molar-refractivity contribution is 5.38. The molecule has 2 atom stereocenters. The van der Waals surface area contributed by atoms with E-state index in [2.05, 4.69) is 33.8 Å². The average Bonchev–Trinajstić information content (AvgIpc) is 2.29. The Morgan fingerprint density at radius 1 is 1.28 bits per heavy atom. The second-order valence-electron chi connectivity index (χ2n) is 6.33. The van der Waals surface area contributed by atoms with Crippen LogP contribution in [0.15, 0.2) is 18.2 Å².